The molecular weight excluding hydrogens is 370 g/mol. The highest BCUT2D eigenvalue weighted by Crippen LogP contribution is 2.47. The topological polar surface area (TPSA) is 47.2 Å². The van der Waals surface area contributed by atoms with Crippen LogP contribution in [0, 0.1) is 0 Å². The van der Waals surface area contributed by atoms with Crippen molar-refractivity contribution in [2.45, 2.75) is 31.6 Å². The van der Waals surface area contributed by atoms with E-state index in [1.807, 2.05) is 43.3 Å². The average molecular weight is 393 g/mol. The van der Waals surface area contributed by atoms with Crippen molar-refractivity contribution in [2.24, 2.45) is 5.10 Å². The van der Waals surface area contributed by atoms with Crippen molar-refractivity contribution in [3.8, 4) is 0 Å². The zero-order valence-corrected chi connectivity index (χ0v) is 17.0. The number of aryl methyl sites for hydroxylation is 1. The lowest BCUT2D eigenvalue weighted by atomic mass is 9.59. The van der Waals surface area contributed by atoms with Gasteiger partial charge in [-0.25, -0.2) is 4.98 Å². The Morgan fingerprint density at radius 3 is 2.07 bits per heavy atom. The zero-order valence-electron chi connectivity index (χ0n) is 17.0. The third-order valence-electron chi connectivity index (χ3n) is 6.12. The minimum Gasteiger partial charge on any atom is -0.267 e. The van der Waals surface area contributed by atoms with Gasteiger partial charge in [-0.05, 0) is 36.1 Å². The molecular formula is C26H23N3O. The van der Waals surface area contributed by atoms with Crippen LogP contribution in [-0.4, -0.2) is 15.4 Å². The highest BCUT2D eigenvalue weighted by Gasteiger charge is 2.47. The van der Waals surface area contributed by atoms with E-state index in [2.05, 4.69) is 48.5 Å². The van der Waals surface area contributed by atoms with Crippen molar-refractivity contribution in [3.05, 3.63) is 112 Å². The van der Waals surface area contributed by atoms with E-state index in [4.69, 9.17) is 10.1 Å². The van der Waals surface area contributed by atoms with Gasteiger partial charge in [0.1, 0.15) is 5.82 Å². The fourth-order valence-corrected chi connectivity index (χ4v) is 4.48. The number of nitrogens with zero attached hydrogens (tertiary/aromatic N) is 3. The fourth-order valence-electron chi connectivity index (χ4n) is 4.48. The van der Waals surface area contributed by atoms with Crippen LogP contribution in [0.5, 0.6) is 0 Å². The number of hydrogen-bond acceptors (Lipinski definition) is 3. The third kappa shape index (κ3) is 2.79. The second kappa shape index (κ2) is 7.38. The molecule has 0 bridgehead atoms. The van der Waals surface area contributed by atoms with Gasteiger partial charge >= 0.3 is 0 Å². The van der Waals surface area contributed by atoms with Gasteiger partial charge < -0.3 is 0 Å². The van der Waals surface area contributed by atoms with Crippen molar-refractivity contribution in [2.75, 3.05) is 0 Å². The van der Waals surface area contributed by atoms with Crippen LogP contribution in [-0.2, 0) is 11.8 Å². The largest absolute Gasteiger partial charge is 0.282 e. The van der Waals surface area contributed by atoms with Crippen molar-refractivity contribution < 1.29 is 0 Å². The van der Waals surface area contributed by atoms with Crippen LogP contribution in [0.25, 0.3) is 10.9 Å². The summed E-state index contributed by atoms with van der Waals surface area (Å²) >= 11 is 0. The lowest BCUT2D eigenvalue weighted by molar-refractivity contribution is 0.528. The van der Waals surface area contributed by atoms with Crippen molar-refractivity contribution >= 4 is 16.6 Å². The van der Waals surface area contributed by atoms with Crippen LogP contribution in [0.1, 0.15) is 36.7 Å². The van der Waals surface area contributed by atoms with Gasteiger partial charge in [0.25, 0.3) is 5.56 Å². The van der Waals surface area contributed by atoms with Gasteiger partial charge in [0.2, 0.25) is 0 Å². The molecule has 0 radical (unpaired) electrons. The van der Waals surface area contributed by atoms with Gasteiger partial charge in [0, 0.05) is 6.42 Å². The molecule has 4 nitrogen and oxygen atoms in total. The summed E-state index contributed by atoms with van der Waals surface area (Å²) in [5, 5.41) is 5.55. The number of aromatic nitrogens is 2. The predicted molar refractivity (Wildman–Crippen MR) is 121 cm³/mol. The molecule has 1 aliphatic carbocycles. The number of para-hydroxylation sites is 1. The second-order valence-corrected chi connectivity index (χ2v) is 7.70. The Hall–Kier alpha value is -3.53. The van der Waals surface area contributed by atoms with E-state index in [0.717, 1.165) is 24.1 Å². The summed E-state index contributed by atoms with van der Waals surface area (Å²) < 4.78 is 1.53. The van der Waals surface area contributed by atoms with E-state index in [9.17, 15) is 4.79 Å². The molecule has 0 spiro atoms. The quantitative estimate of drug-likeness (QED) is 0.493. The Morgan fingerprint density at radius 1 is 0.900 bits per heavy atom. The van der Waals surface area contributed by atoms with Crippen molar-refractivity contribution in [1.29, 1.82) is 0 Å². The van der Waals surface area contributed by atoms with Gasteiger partial charge in [-0.1, -0.05) is 79.7 Å². The first-order valence-electron chi connectivity index (χ1n) is 10.4. The van der Waals surface area contributed by atoms with E-state index in [1.165, 1.54) is 15.8 Å². The molecule has 4 aromatic rings. The number of rotatable bonds is 4. The van der Waals surface area contributed by atoms with Crippen LogP contribution < -0.4 is 5.56 Å². The minimum absolute atomic E-state index is 0.105. The van der Waals surface area contributed by atoms with E-state index in [-0.39, 0.29) is 11.0 Å². The van der Waals surface area contributed by atoms with E-state index >= 15 is 0 Å². The standard InChI is InChI=1S/C26H23N3O/c1-2-24-27-22-16-10-9-15-21(22)25(30)29(24)28-23-17-18-26(23,19-11-5-3-6-12-19)20-13-7-4-8-14-20/h3-16H,2,17-18H2,1H3/b28-23+. The summed E-state index contributed by atoms with van der Waals surface area (Å²) in [6.07, 6.45) is 2.46. The van der Waals surface area contributed by atoms with E-state index in [1.54, 1.807) is 0 Å². The monoisotopic (exact) mass is 393 g/mol. The van der Waals surface area contributed by atoms with Gasteiger partial charge in [0.05, 0.1) is 22.0 Å². The molecule has 0 aliphatic heterocycles. The molecule has 1 saturated carbocycles. The first-order chi connectivity index (χ1) is 14.7. The molecule has 0 atom stereocenters. The first-order valence-corrected chi connectivity index (χ1v) is 10.4. The van der Waals surface area contributed by atoms with Gasteiger partial charge in [-0.2, -0.15) is 9.78 Å². The minimum atomic E-state index is -0.307. The Morgan fingerprint density at radius 2 is 1.50 bits per heavy atom. The second-order valence-electron chi connectivity index (χ2n) is 7.70. The van der Waals surface area contributed by atoms with Crippen LogP contribution in [0.4, 0.5) is 0 Å². The fraction of sp³-hybridized carbons (Fsp3) is 0.192. The highest BCUT2D eigenvalue weighted by molar-refractivity contribution is 6.03. The molecule has 1 aliphatic rings. The van der Waals surface area contributed by atoms with Crippen LogP contribution in [0.3, 0.4) is 0 Å². The maximum Gasteiger partial charge on any atom is 0.282 e. The summed E-state index contributed by atoms with van der Waals surface area (Å²) in [6, 6.07) is 28.4. The summed E-state index contributed by atoms with van der Waals surface area (Å²) in [7, 11) is 0. The number of benzene rings is 3. The molecule has 0 amide bonds. The maximum atomic E-state index is 13.3. The van der Waals surface area contributed by atoms with Crippen LogP contribution in [0.2, 0.25) is 0 Å². The van der Waals surface area contributed by atoms with E-state index in [0.29, 0.717) is 17.6 Å². The smallest absolute Gasteiger partial charge is 0.267 e. The average Bonchev–Trinajstić information content (AvgIpc) is 2.79. The van der Waals surface area contributed by atoms with E-state index < -0.39 is 0 Å². The highest BCUT2D eigenvalue weighted by atomic mass is 16.1. The van der Waals surface area contributed by atoms with Gasteiger partial charge in [0.15, 0.2) is 0 Å². The third-order valence-corrected chi connectivity index (χ3v) is 6.12. The van der Waals surface area contributed by atoms with Crippen LogP contribution in [0.15, 0.2) is 94.8 Å². The molecule has 30 heavy (non-hydrogen) atoms. The molecule has 1 fully saturated rings. The Bertz CT molecular complexity index is 1250. The zero-order chi connectivity index (χ0) is 20.6. The molecule has 1 aromatic heterocycles. The molecule has 3 aromatic carbocycles. The first kappa shape index (κ1) is 18.5. The lowest BCUT2D eigenvalue weighted by Gasteiger charge is -2.44. The number of hydrogen-bond donors (Lipinski definition) is 0. The Balaban J connectivity index is 1.74. The molecule has 0 N–H and O–H groups in total. The molecule has 0 unspecified atom stereocenters. The summed E-state index contributed by atoms with van der Waals surface area (Å²) in [5.41, 5.74) is 3.74. The maximum absolute atomic E-state index is 13.3. The molecule has 5 rings (SSSR count). The summed E-state index contributed by atoms with van der Waals surface area (Å²) in [6.45, 7) is 2.01. The Kier molecular flexibility index (Phi) is 4.55. The molecule has 148 valence electrons. The lowest BCUT2D eigenvalue weighted by Crippen LogP contribution is -2.47. The van der Waals surface area contributed by atoms with Gasteiger partial charge in [-0.3, -0.25) is 4.79 Å². The molecule has 1 heterocycles. The predicted octanol–water partition coefficient (Wildman–Crippen LogP) is 4.94. The molecule has 0 saturated heterocycles. The SMILES string of the molecule is CCc1nc2ccccc2c(=O)n1/N=C1\CCC1(c1ccccc1)c1ccccc1. The van der Waals surface area contributed by atoms with Crippen molar-refractivity contribution in [1.82, 2.24) is 9.66 Å². The molecule has 4 heteroatoms. The normalized spacial score (nSPS) is 16.5. The Labute approximate surface area is 175 Å². The summed E-state index contributed by atoms with van der Waals surface area (Å²) in [5.74, 6) is 0.688. The van der Waals surface area contributed by atoms with Crippen LogP contribution >= 0.6 is 0 Å². The van der Waals surface area contributed by atoms with Gasteiger partial charge in [-0.15, -0.1) is 0 Å². The number of fused-ring (bicyclic) bond motifs is 1. The summed E-state index contributed by atoms with van der Waals surface area (Å²) in [4.78, 5) is 18.0. The van der Waals surface area contributed by atoms with Crippen molar-refractivity contribution in [3.63, 3.8) is 0 Å².